The van der Waals surface area contributed by atoms with E-state index in [2.05, 4.69) is 29.1 Å². The van der Waals surface area contributed by atoms with Crippen LogP contribution in [0, 0.1) is 0 Å². The number of imidazole rings is 1. The molecular weight excluding hydrogens is 236 g/mol. The van der Waals surface area contributed by atoms with Crippen molar-refractivity contribution in [2.45, 2.75) is 64.0 Å². The van der Waals surface area contributed by atoms with Crippen LogP contribution in [0.4, 0.5) is 8.78 Å². The van der Waals surface area contributed by atoms with Crippen molar-refractivity contribution in [1.82, 2.24) is 15.3 Å². The molecule has 5 heteroatoms. The van der Waals surface area contributed by atoms with Gasteiger partial charge < -0.3 is 10.3 Å². The summed E-state index contributed by atoms with van der Waals surface area (Å²) in [5, 5.41) is 3.27. The molecule has 1 saturated carbocycles. The second-order valence-corrected chi connectivity index (χ2v) is 5.48. The number of nitrogens with zero attached hydrogens (tertiary/aromatic N) is 1. The fraction of sp³-hybridized carbons (Fsp3) is 0.769. The number of hydrogen-bond acceptors (Lipinski definition) is 2. The standard InChI is InChI=1S/C13H21F2N3/c1-9(2)16-7-11-8-17-12(18-11)10-4-3-5-13(14,15)6-10/h8-10,16H,3-7H2,1-2H3,(H,17,18). The second kappa shape index (κ2) is 5.34. The van der Waals surface area contributed by atoms with E-state index in [-0.39, 0.29) is 18.8 Å². The van der Waals surface area contributed by atoms with Gasteiger partial charge in [-0.25, -0.2) is 13.8 Å². The van der Waals surface area contributed by atoms with Crippen molar-refractivity contribution in [3.63, 3.8) is 0 Å². The molecule has 102 valence electrons. The fourth-order valence-corrected chi connectivity index (χ4v) is 2.39. The number of halogens is 2. The van der Waals surface area contributed by atoms with E-state index in [9.17, 15) is 8.78 Å². The molecule has 0 radical (unpaired) electrons. The summed E-state index contributed by atoms with van der Waals surface area (Å²) in [4.78, 5) is 7.42. The van der Waals surface area contributed by atoms with Gasteiger partial charge in [0.25, 0.3) is 0 Å². The van der Waals surface area contributed by atoms with Gasteiger partial charge in [-0.2, -0.15) is 0 Å². The van der Waals surface area contributed by atoms with Crippen LogP contribution in [0.2, 0.25) is 0 Å². The third-order valence-electron chi connectivity index (χ3n) is 3.38. The number of aromatic nitrogens is 2. The van der Waals surface area contributed by atoms with E-state index in [0.29, 0.717) is 19.0 Å². The Labute approximate surface area is 106 Å². The maximum atomic E-state index is 13.3. The van der Waals surface area contributed by atoms with Gasteiger partial charge in [-0.1, -0.05) is 13.8 Å². The van der Waals surface area contributed by atoms with Crippen molar-refractivity contribution in [3.05, 3.63) is 17.7 Å². The minimum Gasteiger partial charge on any atom is -0.345 e. The van der Waals surface area contributed by atoms with Crippen LogP contribution in [0.1, 0.15) is 57.0 Å². The maximum absolute atomic E-state index is 13.3. The quantitative estimate of drug-likeness (QED) is 0.869. The van der Waals surface area contributed by atoms with Gasteiger partial charge in [0.05, 0.1) is 0 Å². The first kappa shape index (κ1) is 13.5. The Balaban J connectivity index is 1.97. The van der Waals surface area contributed by atoms with E-state index in [1.54, 1.807) is 6.20 Å². The predicted octanol–water partition coefficient (Wildman–Crippen LogP) is 3.20. The van der Waals surface area contributed by atoms with Crippen LogP contribution in [0.3, 0.4) is 0 Å². The number of hydrogen-bond donors (Lipinski definition) is 2. The van der Waals surface area contributed by atoms with Gasteiger partial charge >= 0.3 is 0 Å². The summed E-state index contributed by atoms with van der Waals surface area (Å²) in [6.07, 6.45) is 3.08. The molecule has 1 aromatic heterocycles. The molecule has 0 aromatic carbocycles. The molecule has 0 amide bonds. The number of alkyl halides is 2. The fourth-order valence-electron chi connectivity index (χ4n) is 2.39. The highest BCUT2D eigenvalue weighted by molar-refractivity contribution is 5.07. The first-order valence-electron chi connectivity index (χ1n) is 6.61. The Morgan fingerprint density at radius 1 is 1.56 bits per heavy atom. The Kier molecular flexibility index (Phi) is 4.00. The highest BCUT2D eigenvalue weighted by Crippen LogP contribution is 2.40. The molecule has 1 unspecified atom stereocenters. The lowest BCUT2D eigenvalue weighted by Gasteiger charge is -2.27. The molecular formula is C13H21F2N3. The molecule has 0 aliphatic heterocycles. The number of nitrogens with one attached hydrogen (secondary N) is 2. The minimum absolute atomic E-state index is 0.0198. The first-order chi connectivity index (χ1) is 8.46. The molecule has 0 spiro atoms. The Hall–Kier alpha value is -0.970. The Morgan fingerprint density at radius 2 is 2.33 bits per heavy atom. The van der Waals surface area contributed by atoms with Crippen LogP contribution in [-0.2, 0) is 6.54 Å². The molecule has 3 nitrogen and oxygen atoms in total. The van der Waals surface area contributed by atoms with Crippen molar-refractivity contribution in [2.75, 3.05) is 0 Å². The molecule has 2 rings (SSSR count). The van der Waals surface area contributed by atoms with Crippen LogP contribution < -0.4 is 5.32 Å². The van der Waals surface area contributed by atoms with Gasteiger partial charge in [-0.15, -0.1) is 0 Å². The van der Waals surface area contributed by atoms with Crippen LogP contribution >= 0.6 is 0 Å². The van der Waals surface area contributed by atoms with Crippen molar-refractivity contribution in [2.24, 2.45) is 0 Å². The van der Waals surface area contributed by atoms with Crippen molar-refractivity contribution >= 4 is 0 Å². The minimum atomic E-state index is -2.52. The van der Waals surface area contributed by atoms with Crippen LogP contribution in [0.5, 0.6) is 0 Å². The molecule has 1 aromatic rings. The molecule has 1 heterocycles. The first-order valence-corrected chi connectivity index (χ1v) is 6.61. The van der Waals surface area contributed by atoms with E-state index >= 15 is 0 Å². The van der Waals surface area contributed by atoms with E-state index in [4.69, 9.17) is 0 Å². The monoisotopic (exact) mass is 257 g/mol. The van der Waals surface area contributed by atoms with Gasteiger partial charge in [0.2, 0.25) is 5.92 Å². The number of H-pyrrole nitrogens is 1. The summed E-state index contributed by atoms with van der Waals surface area (Å²) in [7, 11) is 0. The zero-order valence-corrected chi connectivity index (χ0v) is 11.0. The lowest BCUT2D eigenvalue weighted by atomic mass is 9.86. The molecule has 0 bridgehead atoms. The molecule has 2 N–H and O–H groups in total. The summed E-state index contributed by atoms with van der Waals surface area (Å²) in [5.41, 5.74) is 0.965. The van der Waals surface area contributed by atoms with Crippen LogP contribution in [0.25, 0.3) is 0 Å². The van der Waals surface area contributed by atoms with E-state index in [0.717, 1.165) is 17.9 Å². The van der Waals surface area contributed by atoms with Crippen LogP contribution in [-0.4, -0.2) is 21.9 Å². The van der Waals surface area contributed by atoms with E-state index in [1.165, 1.54) is 0 Å². The summed E-state index contributed by atoms with van der Waals surface area (Å²) in [6.45, 7) is 4.84. The summed E-state index contributed by atoms with van der Waals surface area (Å²) in [5.74, 6) is -1.93. The van der Waals surface area contributed by atoms with Gasteiger partial charge in [-0.3, -0.25) is 0 Å². The molecule has 1 atom stereocenters. The highest BCUT2D eigenvalue weighted by atomic mass is 19.3. The summed E-state index contributed by atoms with van der Waals surface area (Å²) < 4.78 is 26.7. The smallest absolute Gasteiger partial charge is 0.248 e. The third-order valence-corrected chi connectivity index (χ3v) is 3.38. The highest BCUT2D eigenvalue weighted by Gasteiger charge is 2.37. The molecule has 18 heavy (non-hydrogen) atoms. The second-order valence-electron chi connectivity index (χ2n) is 5.48. The summed E-state index contributed by atoms with van der Waals surface area (Å²) >= 11 is 0. The molecule has 1 fully saturated rings. The van der Waals surface area contributed by atoms with Gasteiger partial charge in [0.15, 0.2) is 0 Å². The molecule has 0 saturated heterocycles. The topological polar surface area (TPSA) is 40.7 Å². The van der Waals surface area contributed by atoms with Gasteiger partial charge in [0.1, 0.15) is 5.82 Å². The number of aromatic amines is 1. The van der Waals surface area contributed by atoms with E-state index < -0.39 is 5.92 Å². The largest absolute Gasteiger partial charge is 0.345 e. The average Bonchev–Trinajstić information content (AvgIpc) is 2.73. The van der Waals surface area contributed by atoms with E-state index in [1.807, 2.05) is 0 Å². The van der Waals surface area contributed by atoms with Gasteiger partial charge in [0, 0.05) is 43.2 Å². The van der Waals surface area contributed by atoms with Crippen molar-refractivity contribution in [1.29, 1.82) is 0 Å². The van der Waals surface area contributed by atoms with Gasteiger partial charge in [-0.05, 0) is 12.8 Å². The molecule has 1 aliphatic rings. The normalized spacial score (nSPS) is 23.5. The lowest BCUT2D eigenvalue weighted by Crippen LogP contribution is -2.25. The molecule has 1 aliphatic carbocycles. The lowest BCUT2D eigenvalue weighted by molar-refractivity contribution is -0.0416. The Bertz CT molecular complexity index is 387. The van der Waals surface area contributed by atoms with Crippen molar-refractivity contribution < 1.29 is 8.78 Å². The zero-order valence-electron chi connectivity index (χ0n) is 11.0. The van der Waals surface area contributed by atoms with Crippen molar-refractivity contribution in [3.8, 4) is 0 Å². The van der Waals surface area contributed by atoms with Crippen LogP contribution in [0.15, 0.2) is 6.20 Å². The SMILES string of the molecule is CC(C)NCc1cnc(C2CCCC(F)(F)C2)[nH]1. The number of rotatable bonds is 4. The maximum Gasteiger partial charge on any atom is 0.248 e. The third kappa shape index (κ3) is 3.51. The predicted molar refractivity (Wildman–Crippen MR) is 66.7 cm³/mol. The zero-order chi connectivity index (χ0) is 13.2. The Morgan fingerprint density at radius 3 is 3.00 bits per heavy atom. The summed E-state index contributed by atoms with van der Waals surface area (Å²) in [6, 6.07) is 0.399. The average molecular weight is 257 g/mol.